The second kappa shape index (κ2) is 5.67. The number of benzene rings is 1. The lowest BCUT2D eigenvalue weighted by atomic mass is 10.3. The first-order chi connectivity index (χ1) is 8.91. The number of pyridine rings is 1. The van der Waals surface area contributed by atoms with Crippen molar-refractivity contribution in [2.24, 2.45) is 0 Å². The van der Waals surface area contributed by atoms with Gasteiger partial charge in [-0.15, -0.1) is 0 Å². The van der Waals surface area contributed by atoms with E-state index in [1.54, 1.807) is 18.2 Å². The lowest BCUT2D eigenvalue weighted by molar-refractivity contribution is 0.514. The van der Waals surface area contributed by atoms with Crippen LogP contribution in [-0.2, 0) is 0 Å². The fraction of sp³-hybridized carbons (Fsp3) is 0. The van der Waals surface area contributed by atoms with Gasteiger partial charge in [0.25, 0.3) is 0 Å². The summed E-state index contributed by atoms with van der Waals surface area (Å²) >= 11 is 23.2. The van der Waals surface area contributed by atoms with E-state index in [2.05, 4.69) is 10.3 Å². The van der Waals surface area contributed by atoms with E-state index in [1.807, 2.05) is 0 Å². The van der Waals surface area contributed by atoms with Crippen molar-refractivity contribution in [3.05, 3.63) is 50.2 Å². The smallest absolute Gasteiger partial charge is 0.236 e. The molecule has 8 heteroatoms. The Hall–Kier alpha value is -0.810. The predicted octanol–water partition coefficient (Wildman–Crippen LogP) is 5.72. The van der Waals surface area contributed by atoms with Gasteiger partial charge in [0.15, 0.2) is 0 Å². The molecule has 0 saturated heterocycles. The van der Waals surface area contributed by atoms with Gasteiger partial charge >= 0.3 is 0 Å². The molecule has 0 unspecified atom stereocenters. The SMILES string of the molecule is Fc1nc(F)c(Cl)c(Nc2c(Cl)cccc2Cl)c1Cl. The molecule has 100 valence electrons. The van der Waals surface area contributed by atoms with Gasteiger partial charge in [0.05, 0.1) is 21.4 Å². The molecule has 0 aliphatic rings. The minimum absolute atomic E-state index is 0.191. The maximum absolute atomic E-state index is 13.3. The van der Waals surface area contributed by atoms with E-state index in [1.165, 1.54) is 0 Å². The lowest BCUT2D eigenvalue weighted by Gasteiger charge is -2.13. The number of anilines is 2. The first-order valence-electron chi connectivity index (χ1n) is 4.83. The number of nitrogens with zero attached hydrogens (tertiary/aromatic N) is 1. The summed E-state index contributed by atoms with van der Waals surface area (Å²) in [7, 11) is 0. The minimum atomic E-state index is -1.19. The molecular formula is C11H4Cl4F2N2. The maximum atomic E-state index is 13.3. The first-order valence-corrected chi connectivity index (χ1v) is 6.34. The van der Waals surface area contributed by atoms with Crippen LogP contribution in [-0.4, -0.2) is 4.98 Å². The quantitative estimate of drug-likeness (QED) is 0.705. The molecule has 1 aromatic carbocycles. The Bertz CT molecular complexity index is 603. The number of nitrogens with one attached hydrogen (secondary N) is 1. The normalized spacial score (nSPS) is 10.6. The Morgan fingerprint density at radius 2 is 1.32 bits per heavy atom. The summed E-state index contributed by atoms with van der Waals surface area (Å²) < 4.78 is 26.6. The number of hydrogen-bond acceptors (Lipinski definition) is 2. The Morgan fingerprint density at radius 1 is 0.842 bits per heavy atom. The van der Waals surface area contributed by atoms with Gasteiger partial charge in [-0.3, -0.25) is 0 Å². The number of hydrogen-bond donors (Lipinski definition) is 1. The molecule has 0 amide bonds. The zero-order valence-corrected chi connectivity index (χ0v) is 12.0. The summed E-state index contributed by atoms with van der Waals surface area (Å²) in [5, 5.41) is 2.19. The van der Waals surface area contributed by atoms with E-state index in [9.17, 15) is 8.78 Å². The van der Waals surface area contributed by atoms with E-state index >= 15 is 0 Å². The number of para-hydroxylation sites is 1. The fourth-order valence-electron chi connectivity index (χ4n) is 1.34. The molecule has 0 saturated carbocycles. The van der Waals surface area contributed by atoms with Gasteiger partial charge in [0.1, 0.15) is 10.0 Å². The zero-order valence-electron chi connectivity index (χ0n) is 8.95. The van der Waals surface area contributed by atoms with Crippen molar-refractivity contribution < 1.29 is 8.78 Å². The van der Waals surface area contributed by atoms with Crippen LogP contribution in [0.1, 0.15) is 0 Å². The highest BCUT2D eigenvalue weighted by atomic mass is 35.5. The van der Waals surface area contributed by atoms with E-state index in [0.29, 0.717) is 0 Å². The highest BCUT2D eigenvalue weighted by Crippen LogP contribution is 2.39. The van der Waals surface area contributed by atoms with Crippen LogP contribution in [0.4, 0.5) is 20.2 Å². The molecule has 0 aliphatic heterocycles. The van der Waals surface area contributed by atoms with E-state index in [0.717, 1.165) is 0 Å². The average Bonchev–Trinajstić information content (AvgIpc) is 2.35. The summed E-state index contributed by atoms with van der Waals surface area (Å²) in [5.74, 6) is -2.37. The van der Waals surface area contributed by atoms with E-state index in [4.69, 9.17) is 46.4 Å². The largest absolute Gasteiger partial charge is 0.350 e. The maximum Gasteiger partial charge on any atom is 0.236 e. The number of aromatic nitrogens is 1. The standard InChI is InChI=1S/C11H4Cl4F2N2/c12-4-2-1-3-5(13)8(4)18-9-6(14)10(16)19-11(17)7(9)15/h1-3H,(H,18,19). The summed E-state index contributed by atoms with van der Waals surface area (Å²) in [6, 6.07) is 4.71. The van der Waals surface area contributed by atoms with Crippen LogP contribution < -0.4 is 5.32 Å². The summed E-state index contributed by atoms with van der Waals surface area (Å²) in [6.07, 6.45) is 0. The van der Waals surface area contributed by atoms with Crippen LogP contribution in [0.15, 0.2) is 18.2 Å². The van der Waals surface area contributed by atoms with Crippen LogP contribution in [0.25, 0.3) is 0 Å². The molecule has 0 aliphatic carbocycles. The first kappa shape index (κ1) is 14.6. The Kier molecular flexibility index (Phi) is 4.36. The molecule has 1 N–H and O–H groups in total. The van der Waals surface area contributed by atoms with Gasteiger partial charge in [0.2, 0.25) is 11.9 Å². The highest BCUT2D eigenvalue weighted by Gasteiger charge is 2.19. The fourth-order valence-corrected chi connectivity index (χ4v) is 2.25. The molecule has 0 bridgehead atoms. The van der Waals surface area contributed by atoms with Crippen molar-refractivity contribution in [3.8, 4) is 0 Å². The topological polar surface area (TPSA) is 24.9 Å². The molecule has 0 atom stereocenters. The van der Waals surface area contributed by atoms with Crippen LogP contribution in [0, 0.1) is 11.9 Å². The molecule has 0 radical (unpaired) electrons. The van der Waals surface area contributed by atoms with Gasteiger partial charge < -0.3 is 5.32 Å². The van der Waals surface area contributed by atoms with Crippen molar-refractivity contribution >= 4 is 57.8 Å². The molecule has 1 heterocycles. The number of rotatable bonds is 2. The van der Waals surface area contributed by atoms with Crippen molar-refractivity contribution in [1.29, 1.82) is 0 Å². The van der Waals surface area contributed by atoms with Gasteiger partial charge in [0, 0.05) is 0 Å². The van der Waals surface area contributed by atoms with Gasteiger partial charge in [-0.25, -0.2) is 0 Å². The summed E-state index contributed by atoms with van der Waals surface area (Å²) in [6.45, 7) is 0. The van der Waals surface area contributed by atoms with Crippen molar-refractivity contribution in [1.82, 2.24) is 4.98 Å². The molecule has 1 aromatic heterocycles. The lowest BCUT2D eigenvalue weighted by Crippen LogP contribution is -2.00. The van der Waals surface area contributed by atoms with E-state index in [-0.39, 0.29) is 21.4 Å². The van der Waals surface area contributed by atoms with Crippen LogP contribution in [0.3, 0.4) is 0 Å². The summed E-state index contributed by atoms with van der Waals surface area (Å²) in [5.41, 5.74) is 0.0444. The van der Waals surface area contributed by atoms with Crippen LogP contribution in [0.5, 0.6) is 0 Å². The second-order valence-corrected chi connectivity index (χ2v) is 4.99. The molecule has 0 spiro atoms. The third-order valence-electron chi connectivity index (χ3n) is 2.21. The number of halogens is 6. The predicted molar refractivity (Wildman–Crippen MR) is 73.9 cm³/mol. The average molecular weight is 344 g/mol. The zero-order chi connectivity index (χ0) is 14.2. The Balaban J connectivity index is 2.56. The Labute approximate surface area is 127 Å². The van der Waals surface area contributed by atoms with Crippen molar-refractivity contribution in [2.75, 3.05) is 5.32 Å². The molecule has 19 heavy (non-hydrogen) atoms. The van der Waals surface area contributed by atoms with Gasteiger partial charge in [-0.2, -0.15) is 13.8 Å². The molecule has 2 rings (SSSR count). The molecule has 0 fully saturated rings. The van der Waals surface area contributed by atoms with Gasteiger partial charge in [-0.1, -0.05) is 52.5 Å². The molecular weight excluding hydrogens is 340 g/mol. The minimum Gasteiger partial charge on any atom is -0.350 e. The second-order valence-electron chi connectivity index (χ2n) is 3.42. The highest BCUT2D eigenvalue weighted by molar-refractivity contribution is 6.41. The monoisotopic (exact) mass is 342 g/mol. The van der Waals surface area contributed by atoms with Crippen LogP contribution >= 0.6 is 46.4 Å². The molecule has 2 aromatic rings. The van der Waals surface area contributed by atoms with E-state index < -0.39 is 21.9 Å². The molecule has 2 nitrogen and oxygen atoms in total. The third-order valence-corrected chi connectivity index (χ3v) is 3.53. The summed E-state index contributed by atoms with van der Waals surface area (Å²) in [4.78, 5) is 2.92. The third kappa shape index (κ3) is 2.87. The Morgan fingerprint density at radius 3 is 1.79 bits per heavy atom. The van der Waals surface area contributed by atoms with Crippen molar-refractivity contribution in [2.45, 2.75) is 0 Å². The van der Waals surface area contributed by atoms with Gasteiger partial charge in [-0.05, 0) is 12.1 Å². The van der Waals surface area contributed by atoms with Crippen molar-refractivity contribution in [3.63, 3.8) is 0 Å². The van der Waals surface area contributed by atoms with Crippen LogP contribution in [0.2, 0.25) is 20.1 Å².